The number of nitrogens with one attached hydrogen (secondary N) is 2. The summed E-state index contributed by atoms with van der Waals surface area (Å²) in [6, 6.07) is 20.3. The van der Waals surface area contributed by atoms with Crippen molar-refractivity contribution in [3.63, 3.8) is 0 Å². The Morgan fingerprint density at radius 2 is 1.67 bits per heavy atom. The summed E-state index contributed by atoms with van der Waals surface area (Å²) in [5, 5.41) is 2.78. The zero-order chi connectivity index (χ0) is 21.6. The molecule has 0 saturated heterocycles. The first-order chi connectivity index (χ1) is 14.3. The fourth-order valence-electron chi connectivity index (χ4n) is 2.78. The maximum absolute atomic E-state index is 12.4. The van der Waals surface area contributed by atoms with E-state index in [0.717, 1.165) is 11.3 Å². The van der Waals surface area contributed by atoms with E-state index in [2.05, 4.69) is 10.0 Å². The molecule has 0 fully saturated rings. The van der Waals surface area contributed by atoms with Crippen LogP contribution in [-0.2, 0) is 10.0 Å². The van der Waals surface area contributed by atoms with Gasteiger partial charge in [0.15, 0.2) is 0 Å². The average Bonchev–Trinajstić information content (AvgIpc) is 2.74. The second-order valence-electron chi connectivity index (χ2n) is 6.85. The Balaban J connectivity index is 1.56. The molecule has 3 aromatic carbocycles. The second-order valence-corrected chi connectivity index (χ2v) is 8.53. The Labute approximate surface area is 177 Å². The van der Waals surface area contributed by atoms with Crippen LogP contribution in [0.25, 0.3) is 0 Å². The Kier molecular flexibility index (Phi) is 6.74. The molecule has 30 heavy (non-hydrogen) atoms. The van der Waals surface area contributed by atoms with E-state index < -0.39 is 10.0 Å². The molecule has 0 atom stereocenters. The van der Waals surface area contributed by atoms with E-state index >= 15 is 0 Å². The Bertz CT molecular complexity index is 1130. The number of carbonyl (C=O) groups excluding carboxylic acids is 1. The third-order valence-electron chi connectivity index (χ3n) is 4.57. The largest absolute Gasteiger partial charge is 0.492 e. The van der Waals surface area contributed by atoms with Crippen molar-refractivity contribution < 1.29 is 17.9 Å². The van der Waals surface area contributed by atoms with Gasteiger partial charge in [-0.3, -0.25) is 9.52 Å². The van der Waals surface area contributed by atoms with Crippen LogP contribution in [0, 0.1) is 13.8 Å². The van der Waals surface area contributed by atoms with Gasteiger partial charge >= 0.3 is 0 Å². The highest BCUT2D eigenvalue weighted by Crippen LogP contribution is 2.18. The molecule has 6 nitrogen and oxygen atoms in total. The van der Waals surface area contributed by atoms with E-state index in [1.807, 2.05) is 32.0 Å². The third-order valence-corrected chi connectivity index (χ3v) is 5.96. The van der Waals surface area contributed by atoms with Gasteiger partial charge in [-0.25, -0.2) is 8.42 Å². The van der Waals surface area contributed by atoms with Crippen molar-refractivity contribution in [1.82, 2.24) is 5.32 Å². The van der Waals surface area contributed by atoms with Crippen molar-refractivity contribution in [2.45, 2.75) is 18.7 Å². The number of hydrogen-bond acceptors (Lipinski definition) is 4. The van der Waals surface area contributed by atoms with E-state index in [-0.39, 0.29) is 10.8 Å². The van der Waals surface area contributed by atoms with Crippen LogP contribution in [-0.4, -0.2) is 27.5 Å². The quantitative estimate of drug-likeness (QED) is 0.537. The summed E-state index contributed by atoms with van der Waals surface area (Å²) >= 11 is 0. The maximum atomic E-state index is 12.4. The van der Waals surface area contributed by atoms with Crippen molar-refractivity contribution in [3.05, 3.63) is 89.5 Å². The van der Waals surface area contributed by atoms with Crippen LogP contribution in [0.2, 0.25) is 0 Å². The molecule has 0 aliphatic heterocycles. The van der Waals surface area contributed by atoms with Gasteiger partial charge in [0, 0.05) is 11.3 Å². The van der Waals surface area contributed by atoms with Crippen molar-refractivity contribution in [3.8, 4) is 5.75 Å². The highest BCUT2D eigenvalue weighted by atomic mass is 32.2. The van der Waals surface area contributed by atoms with E-state index in [0.29, 0.717) is 24.4 Å². The van der Waals surface area contributed by atoms with Crippen molar-refractivity contribution in [2.24, 2.45) is 0 Å². The lowest BCUT2D eigenvalue weighted by Crippen LogP contribution is -2.28. The summed E-state index contributed by atoms with van der Waals surface area (Å²) in [5.74, 6) is 0.448. The number of rotatable bonds is 8. The average molecular weight is 425 g/mol. The van der Waals surface area contributed by atoms with Crippen LogP contribution >= 0.6 is 0 Å². The Morgan fingerprint density at radius 1 is 0.900 bits per heavy atom. The van der Waals surface area contributed by atoms with Crippen LogP contribution in [0.5, 0.6) is 5.75 Å². The number of amides is 1. The van der Waals surface area contributed by atoms with Crippen molar-refractivity contribution in [2.75, 3.05) is 17.9 Å². The molecule has 0 aliphatic carbocycles. The number of benzene rings is 3. The lowest BCUT2D eigenvalue weighted by Gasteiger charge is -2.11. The van der Waals surface area contributed by atoms with Gasteiger partial charge in [-0.2, -0.15) is 0 Å². The molecule has 0 heterocycles. The Hall–Kier alpha value is -3.32. The first-order valence-electron chi connectivity index (χ1n) is 9.51. The molecular weight excluding hydrogens is 400 g/mol. The molecule has 0 aromatic heterocycles. The fourth-order valence-corrected chi connectivity index (χ4v) is 3.85. The lowest BCUT2D eigenvalue weighted by atomic mass is 10.1. The van der Waals surface area contributed by atoms with Gasteiger partial charge in [0.1, 0.15) is 12.4 Å². The van der Waals surface area contributed by atoms with Crippen molar-refractivity contribution in [1.29, 1.82) is 0 Å². The highest BCUT2D eigenvalue weighted by Gasteiger charge is 2.14. The minimum atomic E-state index is -3.72. The van der Waals surface area contributed by atoms with Gasteiger partial charge in [-0.05, 0) is 67.4 Å². The third kappa shape index (κ3) is 5.61. The number of anilines is 1. The minimum absolute atomic E-state index is 0.156. The summed E-state index contributed by atoms with van der Waals surface area (Å²) in [6.45, 7) is 4.71. The first kappa shape index (κ1) is 21.4. The highest BCUT2D eigenvalue weighted by molar-refractivity contribution is 7.92. The van der Waals surface area contributed by atoms with Gasteiger partial charge in [0.05, 0.1) is 11.4 Å². The summed E-state index contributed by atoms with van der Waals surface area (Å²) in [7, 11) is -3.72. The van der Waals surface area contributed by atoms with Gasteiger partial charge in [-0.1, -0.05) is 30.3 Å². The SMILES string of the molecule is Cc1ccc(OCCNC(=O)c2cccc(NS(=O)(=O)c3ccccc3)c2)cc1C. The summed E-state index contributed by atoms with van der Waals surface area (Å²) < 4.78 is 33.0. The van der Waals surface area contributed by atoms with Gasteiger partial charge in [-0.15, -0.1) is 0 Å². The topological polar surface area (TPSA) is 84.5 Å². The molecule has 7 heteroatoms. The first-order valence-corrected chi connectivity index (χ1v) is 11.0. The van der Waals surface area contributed by atoms with Crippen LogP contribution in [0.4, 0.5) is 5.69 Å². The smallest absolute Gasteiger partial charge is 0.261 e. The van der Waals surface area contributed by atoms with Gasteiger partial charge in [0.2, 0.25) is 0 Å². The number of aryl methyl sites for hydroxylation is 2. The number of sulfonamides is 1. The summed E-state index contributed by atoms with van der Waals surface area (Å²) in [5.41, 5.74) is 3.01. The van der Waals surface area contributed by atoms with Crippen LogP contribution < -0.4 is 14.8 Å². The molecular formula is C23H24N2O4S. The van der Waals surface area contributed by atoms with E-state index in [1.54, 1.807) is 36.4 Å². The van der Waals surface area contributed by atoms with Crippen LogP contribution in [0.15, 0.2) is 77.7 Å². The molecule has 1 amide bonds. The van der Waals surface area contributed by atoms with Gasteiger partial charge in [0.25, 0.3) is 15.9 Å². The van der Waals surface area contributed by atoms with Crippen LogP contribution in [0.1, 0.15) is 21.5 Å². The molecule has 3 aromatic rings. The molecule has 0 unspecified atom stereocenters. The molecule has 3 rings (SSSR count). The van der Waals surface area contributed by atoms with Crippen molar-refractivity contribution >= 4 is 21.6 Å². The monoisotopic (exact) mass is 424 g/mol. The molecule has 0 saturated carbocycles. The molecule has 0 aliphatic rings. The number of carbonyl (C=O) groups is 1. The number of ether oxygens (including phenoxy) is 1. The molecule has 0 bridgehead atoms. The van der Waals surface area contributed by atoms with E-state index in [1.165, 1.54) is 23.8 Å². The predicted octanol–water partition coefficient (Wildman–Crippen LogP) is 3.91. The summed E-state index contributed by atoms with van der Waals surface area (Å²) in [6.07, 6.45) is 0. The minimum Gasteiger partial charge on any atom is -0.492 e. The molecule has 0 spiro atoms. The van der Waals surface area contributed by atoms with E-state index in [4.69, 9.17) is 4.74 Å². The molecule has 2 N–H and O–H groups in total. The summed E-state index contributed by atoms with van der Waals surface area (Å²) in [4.78, 5) is 12.6. The normalized spacial score (nSPS) is 11.0. The van der Waals surface area contributed by atoms with Crippen LogP contribution in [0.3, 0.4) is 0 Å². The fraction of sp³-hybridized carbons (Fsp3) is 0.174. The lowest BCUT2D eigenvalue weighted by molar-refractivity contribution is 0.0947. The second kappa shape index (κ2) is 9.45. The predicted molar refractivity (Wildman–Crippen MR) is 117 cm³/mol. The Morgan fingerprint density at radius 3 is 2.40 bits per heavy atom. The zero-order valence-corrected chi connectivity index (χ0v) is 17.7. The van der Waals surface area contributed by atoms with E-state index in [9.17, 15) is 13.2 Å². The maximum Gasteiger partial charge on any atom is 0.261 e. The standard InChI is InChI=1S/C23H24N2O4S/c1-17-11-12-21(15-18(17)2)29-14-13-24-23(26)19-7-6-8-20(16-19)25-30(27,28)22-9-4-3-5-10-22/h3-12,15-16,25H,13-14H2,1-2H3,(H,24,26). The molecule has 0 radical (unpaired) electrons. The van der Waals surface area contributed by atoms with Gasteiger partial charge < -0.3 is 10.1 Å². The zero-order valence-electron chi connectivity index (χ0n) is 16.9. The number of hydrogen-bond donors (Lipinski definition) is 2. The molecule has 156 valence electrons.